The second-order valence-corrected chi connectivity index (χ2v) is 5.20. The van der Waals surface area contributed by atoms with Crippen LogP contribution in [0.1, 0.15) is 11.7 Å². The van der Waals surface area contributed by atoms with E-state index >= 15 is 0 Å². The molecule has 100 valence electrons. The summed E-state index contributed by atoms with van der Waals surface area (Å²) in [6.45, 7) is 0.303. The predicted molar refractivity (Wildman–Crippen MR) is 78.0 cm³/mol. The van der Waals surface area contributed by atoms with Crippen LogP contribution >= 0.6 is 27.5 Å². The van der Waals surface area contributed by atoms with Crippen LogP contribution in [0.25, 0.3) is 0 Å². The molecule has 0 fully saturated rings. The van der Waals surface area contributed by atoms with Gasteiger partial charge in [0, 0.05) is 22.6 Å². The molecule has 0 aliphatic carbocycles. The summed E-state index contributed by atoms with van der Waals surface area (Å²) < 4.78 is 19.8. The molecule has 1 atom stereocenters. The van der Waals surface area contributed by atoms with E-state index in [9.17, 15) is 4.39 Å². The lowest BCUT2D eigenvalue weighted by Gasteiger charge is -2.19. The van der Waals surface area contributed by atoms with Gasteiger partial charge >= 0.3 is 0 Å². The summed E-state index contributed by atoms with van der Waals surface area (Å²) in [7, 11) is 0. The normalized spacial score (nSPS) is 12.2. The molecule has 0 amide bonds. The minimum Gasteiger partial charge on any atom is -0.484 e. The van der Waals surface area contributed by atoms with Gasteiger partial charge < -0.3 is 10.5 Å². The zero-order valence-corrected chi connectivity index (χ0v) is 12.3. The van der Waals surface area contributed by atoms with Crippen molar-refractivity contribution in [3.63, 3.8) is 0 Å². The lowest BCUT2D eigenvalue weighted by atomic mass is 10.1. The molecule has 0 spiro atoms. The number of hydrogen-bond acceptors (Lipinski definition) is 2. The lowest BCUT2D eigenvalue weighted by Crippen LogP contribution is -2.18. The molecule has 1 unspecified atom stereocenters. The highest BCUT2D eigenvalue weighted by Gasteiger charge is 2.15. The van der Waals surface area contributed by atoms with Crippen molar-refractivity contribution in [2.75, 3.05) is 6.54 Å². The van der Waals surface area contributed by atoms with Crippen LogP contribution < -0.4 is 10.5 Å². The third-order valence-electron chi connectivity index (χ3n) is 2.64. The molecule has 5 heteroatoms. The quantitative estimate of drug-likeness (QED) is 0.896. The second-order valence-electron chi connectivity index (χ2n) is 3.94. The Morgan fingerprint density at radius 3 is 2.63 bits per heavy atom. The van der Waals surface area contributed by atoms with E-state index in [4.69, 9.17) is 22.1 Å². The van der Waals surface area contributed by atoms with Crippen molar-refractivity contribution in [2.45, 2.75) is 6.10 Å². The summed E-state index contributed by atoms with van der Waals surface area (Å²) >= 11 is 9.18. The third-order valence-corrected chi connectivity index (χ3v) is 3.65. The second kappa shape index (κ2) is 6.37. The summed E-state index contributed by atoms with van der Waals surface area (Å²) in [5.41, 5.74) is 6.67. The zero-order valence-electron chi connectivity index (χ0n) is 9.95. The van der Waals surface area contributed by atoms with Gasteiger partial charge in [0.05, 0.1) is 5.02 Å². The number of nitrogens with two attached hydrogens (primary N) is 1. The van der Waals surface area contributed by atoms with Gasteiger partial charge in [0.25, 0.3) is 0 Å². The summed E-state index contributed by atoms with van der Waals surface area (Å²) in [4.78, 5) is 0. The largest absolute Gasteiger partial charge is 0.484 e. The topological polar surface area (TPSA) is 35.2 Å². The SMILES string of the molecule is NCC(Oc1ccc(F)c(Cl)c1)c1ccccc1Br. The maximum atomic E-state index is 13.1. The van der Waals surface area contributed by atoms with Gasteiger partial charge in [-0.15, -0.1) is 0 Å². The van der Waals surface area contributed by atoms with Crippen LogP contribution in [0.2, 0.25) is 5.02 Å². The van der Waals surface area contributed by atoms with Gasteiger partial charge in [-0.05, 0) is 18.2 Å². The van der Waals surface area contributed by atoms with Crippen molar-refractivity contribution < 1.29 is 9.13 Å². The van der Waals surface area contributed by atoms with E-state index in [1.54, 1.807) is 0 Å². The van der Waals surface area contributed by atoms with E-state index in [1.165, 1.54) is 18.2 Å². The predicted octanol–water partition coefficient (Wildman–Crippen LogP) is 4.32. The van der Waals surface area contributed by atoms with Crippen LogP contribution in [-0.2, 0) is 0 Å². The average molecular weight is 345 g/mol. The fourth-order valence-electron chi connectivity index (χ4n) is 1.69. The van der Waals surface area contributed by atoms with Gasteiger partial charge in [0.2, 0.25) is 0 Å². The first kappa shape index (κ1) is 14.3. The third kappa shape index (κ3) is 3.47. The number of benzene rings is 2. The maximum Gasteiger partial charge on any atom is 0.142 e. The van der Waals surface area contributed by atoms with Crippen molar-refractivity contribution in [2.24, 2.45) is 5.73 Å². The molecule has 2 nitrogen and oxygen atoms in total. The van der Waals surface area contributed by atoms with Gasteiger partial charge in [0.15, 0.2) is 0 Å². The molecule has 2 rings (SSSR count). The number of halogens is 3. The van der Waals surface area contributed by atoms with Gasteiger partial charge in [-0.1, -0.05) is 45.7 Å². The fourth-order valence-corrected chi connectivity index (χ4v) is 2.40. The van der Waals surface area contributed by atoms with Crippen molar-refractivity contribution in [1.29, 1.82) is 0 Å². The number of ether oxygens (including phenoxy) is 1. The Hall–Kier alpha value is -1.10. The minimum atomic E-state index is -0.473. The Labute approximate surface area is 124 Å². The van der Waals surface area contributed by atoms with Crippen LogP contribution in [0, 0.1) is 5.82 Å². The summed E-state index contributed by atoms with van der Waals surface area (Å²) in [5.74, 6) is 0.0109. The summed E-state index contributed by atoms with van der Waals surface area (Å²) in [5, 5.41) is 0.0281. The van der Waals surface area contributed by atoms with Gasteiger partial charge in [0.1, 0.15) is 17.7 Å². The molecule has 0 bridgehead atoms. The summed E-state index contributed by atoms with van der Waals surface area (Å²) in [6, 6.07) is 11.9. The fraction of sp³-hybridized carbons (Fsp3) is 0.143. The van der Waals surface area contributed by atoms with E-state index < -0.39 is 5.82 Å². The standard InChI is InChI=1S/C14H12BrClFNO/c15-11-4-2-1-3-10(11)14(8-18)19-9-5-6-13(17)12(16)7-9/h1-7,14H,8,18H2. The molecule has 0 radical (unpaired) electrons. The Morgan fingerprint density at radius 2 is 2.00 bits per heavy atom. The zero-order chi connectivity index (χ0) is 13.8. The lowest BCUT2D eigenvalue weighted by molar-refractivity contribution is 0.213. The Morgan fingerprint density at radius 1 is 1.26 bits per heavy atom. The van der Waals surface area contributed by atoms with Crippen molar-refractivity contribution >= 4 is 27.5 Å². The summed E-state index contributed by atoms with van der Waals surface area (Å²) in [6.07, 6.45) is -0.322. The van der Waals surface area contributed by atoms with Crippen molar-refractivity contribution in [3.8, 4) is 5.75 Å². The molecular formula is C14H12BrClFNO. The van der Waals surface area contributed by atoms with Gasteiger partial charge in [-0.2, -0.15) is 0 Å². The molecule has 0 heterocycles. The van der Waals surface area contributed by atoms with E-state index in [-0.39, 0.29) is 11.1 Å². The highest BCUT2D eigenvalue weighted by molar-refractivity contribution is 9.10. The molecule has 19 heavy (non-hydrogen) atoms. The van der Waals surface area contributed by atoms with E-state index in [0.29, 0.717) is 12.3 Å². The Bertz CT molecular complexity index is 579. The molecule has 2 N–H and O–H groups in total. The van der Waals surface area contributed by atoms with Gasteiger partial charge in [-0.25, -0.2) is 4.39 Å². The van der Waals surface area contributed by atoms with Crippen LogP contribution in [-0.4, -0.2) is 6.54 Å². The molecule has 0 aliphatic heterocycles. The molecule has 0 aliphatic rings. The molecular weight excluding hydrogens is 333 g/mol. The van der Waals surface area contributed by atoms with Crippen LogP contribution in [0.5, 0.6) is 5.75 Å². The van der Waals surface area contributed by atoms with Gasteiger partial charge in [-0.3, -0.25) is 0 Å². The first-order valence-corrected chi connectivity index (χ1v) is 6.85. The highest BCUT2D eigenvalue weighted by Crippen LogP contribution is 2.29. The smallest absolute Gasteiger partial charge is 0.142 e. The Balaban J connectivity index is 2.24. The number of rotatable bonds is 4. The molecule has 2 aromatic rings. The van der Waals surface area contributed by atoms with Crippen LogP contribution in [0.3, 0.4) is 0 Å². The van der Waals surface area contributed by atoms with Crippen LogP contribution in [0.15, 0.2) is 46.9 Å². The first-order valence-electron chi connectivity index (χ1n) is 5.68. The first-order chi connectivity index (χ1) is 9.11. The highest BCUT2D eigenvalue weighted by atomic mass is 79.9. The van der Waals surface area contributed by atoms with E-state index in [0.717, 1.165) is 10.0 Å². The number of hydrogen-bond donors (Lipinski definition) is 1. The molecule has 0 aromatic heterocycles. The average Bonchev–Trinajstić information content (AvgIpc) is 2.41. The van der Waals surface area contributed by atoms with Crippen LogP contribution in [0.4, 0.5) is 4.39 Å². The monoisotopic (exact) mass is 343 g/mol. The van der Waals surface area contributed by atoms with Crippen molar-refractivity contribution in [3.05, 3.63) is 63.3 Å². The van der Waals surface area contributed by atoms with E-state index in [1.807, 2.05) is 24.3 Å². The molecule has 2 aromatic carbocycles. The van der Waals surface area contributed by atoms with E-state index in [2.05, 4.69) is 15.9 Å². The minimum absolute atomic E-state index is 0.0281. The van der Waals surface area contributed by atoms with Crippen molar-refractivity contribution in [1.82, 2.24) is 0 Å². The molecule has 0 saturated carbocycles. The Kier molecular flexibility index (Phi) is 4.80. The maximum absolute atomic E-state index is 13.1. The molecule has 0 saturated heterocycles.